The van der Waals surface area contributed by atoms with Crippen LogP contribution in [0.15, 0.2) is 24.3 Å². The predicted molar refractivity (Wildman–Crippen MR) is 102 cm³/mol. The summed E-state index contributed by atoms with van der Waals surface area (Å²) in [5.74, 6) is 2.63. The number of alkyl halides is 3. The highest BCUT2D eigenvalue weighted by atomic mass is 19.4. The first-order valence-corrected chi connectivity index (χ1v) is 9.76. The number of nitrogens with zero attached hydrogens (tertiary/aromatic N) is 3. The molecule has 2 saturated carbocycles. The van der Waals surface area contributed by atoms with E-state index in [-0.39, 0.29) is 23.6 Å². The minimum absolute atomic E-state index is 0.111. The second-order valence-corrected chi connectivity index (χ2v) is 7.91. The van der Waals surface area contributed by atoms with E-state index >= 15 is 0 Å². The molecule has 2 aromatic heterocycles. The lowest BCUT2D eigenvalue weighted by atomic mass is 10.2. The summed E-state index contributed by atoms with van der Waals surface area (Å²) in [5.41, 5.74) is -0.834. The molecule has 2 N–H and O–H groups in total. The Kier molecular flexibility index (Phi) is 4.89. The van der Waals surface area contributed by atoms with E-state index in [1.165, 1.54) is 37.8 Å². The summed E-state index contributed by atoms with van der Waals surface area (Å²) in [6.07, 6.45) is 0.236. The second-order valence-electron chi connectivity index (χ2n) is 7.91. The van der Waals surface area contributed by atoms with Gasteiger partial charge >= 0.3 is 6.18 Å². The molecule has 2 atom stereocenters. The molecule has 0 saturated heterocycles. The third kappa shape index (κ3) is 4.54. The van der Waals surface area contributed by atoms with Crippen molar-refractivity contribution in [3.63, 3.8) is 0 Å². The smallest absolute Gasteiger partial charge is 0.367 e. The van der Waals surface area contributed by atoms with Crippen molar-refractivity contribution in [3.05, 3.63) is 30.0 Å². The van der Waals surface area contributed by atoms with E-state index in [0.29, 0.717) is 23.5 Å². The Morgan fingerprint density at radius 3 is 1.89 bits per heavy atom. The van der Waals surface area contributed by atoms with Gasteiger partial charge in [0.15, 0.2) is 5.82 Å². The van der Waals surface area contributed by atoms with Crippen LogP contribution in [0.3, 0.4) is 0 Å². The van der Waals surface area contributed by atoms with Gasteiger partial charge in [-0.25, -0.2) is 15.0 Å². The van der Waals surface area contributed by atoms with Crippen LogP contribution in [0.5, 0.6) is 0 Å². The number of anilines is 2. The molecular formula is C20H24F3N5. The normalized spacial score (nSPS) is 19.2. The van der Waals surface area contributed by atoms with Crippen LogP contribution in [0.4, 0.5) is 24.8 Å². The first kappa shape index (κ1) is 19.0. The lowest BCUT2D eigenvalue weighted by molar-refractivity contribution is -0.141. The molecule has 150 valence electrons. The third-order valence-electron chi connectivity index (χ3n) is 5.40. The van der Waals surface area contributed by atoms with Crippen LogP contribution in [0.25, 0.3) is 11.5 Å². The van der Waals surface area contributed by atoms with Crippen molar-refractivity contribution in [2.45, 2.75) is 57.8 Å². The van der Waals surface area contributed by atoms with Gasteiger partial charge < -0.3 is 10.6 Å². The fourth-order valence-electron chi connectivity index (χ4n) is 3.32. The summed E-state index contributed by atoms with van der Waals surface area (Å²) in [7, 11) is 0. The zero-order chi connectivity index (χ0) is 19.9. The van der Waals surface area contributed by atoms with Crippen molar-refractivity contribution in [3.8, 4) is 11.5 Å². The van der Waals surface area contributed by atoms with Gasteiger partial charge in [-0.15, -0.1) is 0 Å². The molecule has 1 unspecified atom stereocenters. The van der Waals surface area contributed by atoms with Crippen molar-refractivity contribution >= 4 is 11.6 Å². The zero-order valence-electron chi connectivity index (χ0n) is 15.9. The highest BCUT2D eigenvalue weighted by Crippen LogP contribution is 2.36. The predicted octanol–water partition coefficient (Wildman–Crippen LogP) is 4.98. The Morgan fingerprint density at radius 1 is 0.893 bits per heavy atom. The molecule has 28 heavy (non-hydrogen) atoms. The van der Waals surface area contributed by atoms with Crippen molar-refractivity contribution < 1.29 is 13.2 Å². The van der Waals surface area contributed by atoms with Crippen LogP contribution in [0.1, 0.15) is 45.2 Å². The maximum atomic E-state index is 13.0. The van der Waals surface area contributed by atoms with Gasteiger partial charge in [-0.05, 0) is 63.5 Å². The van der Waals surface area contributed by atoms with Gasteiger partial charge in [0.25, 0.3) is 0 Å². The monoisotopic (exact) mass is 391 g/mol. The minimum Gasteiger partial charge on any atom is -0.367 e. The largest absolute Gasteiger partial charge is 0.433 e. The molecule has 0 bridgehead atoms. The summed E-state index contributed by atoms with van der Waals surface area (Å²) >= 11 is 0. The molecule has 0 spiro atoms. The lowest BCUT2D eigenvalue weighted by Gasteiger charge is -2.18. The van der Waals surface area contributed by atoms with Crippen molar-refractivity contribution in [1.29, 1.82) is 0 Å². The zero-order valence-corrected chi connectivity index (χ0v) is 15.9. The molecule has 2 heterocycles. The number of halogens is 3. The lowest BCUT2D eigenvalue weighted by Crippen LogP contribution is -2.21. The summed E-state index contributed by atoms with van der Waals surface area (Å²) in [6.45, 7) is 4.20. The van der Waals surface area contributed by atoms with Gasteiger partial charge in [-0.1, -0.05) is 6.07 Å². The third-order valence-corrected chi connectivity index (χ3v) is 5.40. The quantitative estimate of drug-likeness (QED) is 0.697. The van der Waals surface area contributed by atoms with E-state index in [4.69, 9.17) is 0 Å². The van der Waals surface area contributed by atoms with E-state index < -0.39 is 11.9 Å². The highest BCUT2D eigenvalue weighted by molar-refractivity contribution is 5.59. The Balaban J connectivity index is 1.66. The van der Waals surface area contributed by atoms with Crippen LogP contribution in [0.2, 0.25) is 0 Å². The van der Waals surface area contributed by atoms with Gasteiger partial charge in [-0.2, -0.15) is 13.2 Å². The van der Waals surface area contributed by atoms with Gasteiger partial charge in [0.2, 0.25) is 0 Å². The van der Waals surface area contributed by atoms with Gasteiger partial charge in [0.1, 0.15) is 23.0 Å². The molecule has 5 nitrogen and oxygen atoms in total. The van der Waals surface area contributed by atoms with Crippen molar-refractivity contribution in [2.75, 3.05) is 10.6 Å². The fraction of sp³-hybridized carbons (Fsp3) is 0.550. The summed E-state index contributed by atoms with van der Waals surface area (Å²) < 4.78 is 39.1. The number of nitrogens with one attached hydrogen (secondary N) is 2. The Morgan fingerprint density at radius 2 is 1.43 bits per heavy atom. The van der Waals surface area contributed by atoms with E-state index in [0.717, 1.165) is 6.07 Å². The summed E-state index contributed by atoms with van der Waals surface area (Å²) in [4.78, 5) is 12.6. The summed E-state index contributed by atoms with van der Waals surface area (Å²) in [5, 5.41) is 6.75. The fourth-order valence-corrected chi connectivity index (χ4v) is 3.32. The Bertz CT molecular complexity index is 808. The molecule has 4 rings (SSSR count). The first-order valence-electron chi connectivity index (χ1n) is 9.76. The molecule has 2 aliphatic rings. The number of pyridine rings is 1. The molecular weight excluding hydrogens is 367 g/mol. The van der Waals surface area contributed by atoms with Crippen LogP contribution >= 0.6 is 0 Å². The van der Waals surface area contributed by atoms with E-state index in [1.54, 1.807) is 0 Å². The molecule has 0 aliphatic heterocycles. The minimum atomic E-state index is -4.51. The average Bonchev–Trinajstić information content (AvgIpc) is 3.53. The van der Waals surface area contributed by atoms with E-state index in [2.05, 4.69) is 39.4 Å². The van der Waals surface area contributed by atoms with E-state index in [9.17, 15) is 13.2 Å². The van der Waals surface area contributed by atoms with Crippen LogP contribution in [-0.4, -0.2) is 27.0 Å². The Hall–Kier alpha value is -2.38. The maximum Gasteiger partial charge on any atom is 0.433 e. The van der Waals surface area contributed by atoms with Gasteiger partial charge in [0.05, 0.1) is 0 Å². The number of hydrogen-bond acceptors (Lipinski definition) is 5. The molecule has 0 aromatic carbocycles. The topological polar surface area (TPSA) is 62.7 Å². The SMILES string of the molecule is CC(Nc1cc(N[C@@H](C)C2CC2)nc(-c2cccc(C(F)(F)F)n2)n1)C1CC1. The average molecular weight is 391 g/mol. The molecule has 8 heteroatoms. The van der Waals surface area contributed by atoms with Crippen LogP contribution in [-0.2, 0) is 6.18 Å². The molecule has 2 aromatic rings. The standard InChI is InChI=1S/C20H24F3N5/c1-11(13-6-7-13)24-17-10-18(25-12(2)14-8-9-14)28-19(27-17)15-4-3-5-16(26-15)20(21,22)23/h3-5,10-14H,6-9H2,1-2H3,(H2,24,25,27,28)/t11-,12?/m0/s1. The number of hydrogen-bond donors (Lipinski definition) is 2. The molecule has 2 fully saturated rings. The Labute approximate surface area is 162 Å². The summed E-state index contributed by atoms with van der Waals surface area (Å²) in [6, 6.07) is 6.13. The second kappa shape index (κ2) is 7.22. The van der Waals surface area contributed by atoms with E-state index in [1.807, 2.05) is 6.07 Å². The first-order chi connectivity index (χ1) is 13.3. The van der Waals surface area contributed by atoms with Crippen LogP contribution < -0.4 is 10.6 Å². The molecule has 2 aliphatic carbocycles. The number of aromatic nitrogens is 3. The molecule has 0 radical (unpaired) electrons. The van der Waals surface area contributed by atoms with Gasteiger partial charge in [-0.3, -0.25) is 0 Å². The highest BCUT2D eigenvalue weighted by Gasteiger charge is 2.33. The van der Waals surface area contributed by atoms with Crippen molar-refractivity contribution in [2.24, 2.45) is 11.8 Å². The number of rotatable bonds is 7. The molecule has 0 amide bonds. The van der Waals surface area contributed by atoms with Gasteiger partial charge in [0, 0.05) is 18.2 Å². The van der Waals surface area contributed by atoms with Crippen LogP contribution in [0, 0.1) is 11.8 Å². The van der Waals surface area contributed by atoms with Crippen molar-refractivity contribution in [1.82, 2.24) is 15.0 Å². The maximum absolute atomic E-state index is 13.0.